The molecule has 3 heteroatoms. The lowest BCUT2D eigenvalue weighted by molar-refractivity contribution is 0.205. The Morgan fingerprint density at radius 2 is 1.76 bits per heavy atom. The molecule has 0 atom stereocenters. The average Bonchev–Trinajstić information content (AvgIpc) is 2.30. The van der Waals surface area contributed by atoms with E-state index >= 15 is 0 Å². The fourth-order valence-corrected chi connectivity index (χ4v) is 1.26. The molecule has 3 nitrogen and oxygen atoms in total. The second kappa shape index (κ2) is 12.6. The molecule has 0 aliphatic heterocycles. The molecule has 0 unspecified atom stereocenters. The van der Waals surface area contributed by atoms with Gasteiger partial charge in [-0.2, -0.15) is 0 Å². The van der Waals surface area contributed by atoms with Crippen LogP contribution < -0.4 is 5.73 Å². The number of rotatable bonds is 3. The maximum atomic E-state index is 8.78. The number of benzene rings is 1. The minimum atomic E-state index is -1.33. The fraction of sp³-hybridized carbons (Fsp3) is 0.500. The minimum Gasteiger partial charge on any atom is -0.465 e. The Hall–Kier alpha value is -1.51. The third kappa shape index (κ3) is 12.4. The SMILES string of the molecule is CC.CCCCc1ccccc1C.NC(=O)O. The molecule has 0 saturated carbocycles. The zero-order valence-electron chi connectivity index (χ0n) is 11.4. The summed E-state index contributed by atoms with van der Waals surface area (Å²) < 4.78 is 0. The summed E-state index contributed by atoms with van der Waals surface area (Å²) in [5.74, 6) is 0. The summed E-state index contributed by atoms with van der Waals surface area (Å²) in [6, 6.07) is 8.64. The highest BCUT2D eigenvalue weighted by Gasteiger charge is 1.94. The van der Waals surface area contributed by atoms with E-state index in [1.54, 1.807) is 0 Å². The topological polar surface area (TPSA) is 63.3 Å². The zero-order valence-corrected chi connectivity index (χ0v) is 11.4. The van der Waals surface area contributed by atoms with E-state index in [9.17, 15) is 0 Å². The number of amides is 1. The van der Waals surface area contributed by atoms with Gasteiger partial charge in [0.1, 0.15) is 0 Å². The van der Waals surface area contributed by atoms with Gasteiger partial charge >= 0.3 is 6.09 Å². The van der Waals surface area contributed by atoms with Crippen molar-refractivity contribution in [1.29, 1.82) is 0 Å². The van der Waals surface area contributed by atoms with Crippen LogP contribution in [0.1, 0.15) is 44.7 Å². The number of carboxylic acid groups (broad SMARTS) is 1. The molecule has 1 aromatic carbocycles. The molecule has 0 aliphatic rings. The summed E-state index contributed by atoms with van der Waals surface area (Å²) in [5.41, 5.74) is 6.97. The maximum absolute atomic E-state index is 8.78. The summed E-state index contributed by atoms with van der Waals surface area (Å²) in [6.07, 6.45) is 2.50. The lowest BCUT2D eigenvalue weighted by Gasteiger charge is -2.02. The van der Waals surface area contributed by atoms with Crippen molar-refractivity contribution in [3.05, 3.63) is 35.4 Å². The fourth-order valence-electron chi connectivity index (χ4n) is 1.26. The molecule has 0 saturated heterocycles. The van der Waals surface area contributed by atoms with E-state index in [2.05, 4.69) is 43.8 Å². The second-order valence-corrected chi connectivity index (χ2v) is 3.37. The third-order valence-corrected chi connectivity index (χ3v) is 2.06. The third-order valence-electron chi connectivity index (χ3n) is 2.06. The van der Waals surface area contributed by atoms with Crippen LogP contribution in [-0.2, 0) is 6.42 Å². The smallest absolute Gasteiger partial charge is 0.402 e. The van der Waals surface area contributed by atoms with Crippen molar-refractivity contribution < 1.29 is 9.90 Å². The number of aryl methyl sites for hydroxylation is 2. The Bertz CT molecular complexity index is 294. The number of unbranched alkanes of at least 4 members (excludes halogenated alkanes) is 1. The molecular weight excluding hydrogens is 214 g/mol. The lowest BCUT2D eigenvalue weighted by Crippen LogP contribution is -2.03. The predicted molar refractivity (Wildman–Crippen MR) is 73.4 cm³/mol. The van der Waals surface area contributed by atoms with Gasteiger partial charge in [-0.25, -0.2) is 4.79 Å². The first-order valence-electron chi connectivity index (χ1n) is 6.10. The largest absolute Gasteiger partial charge is 0.465 e. The molecular formula is C14H25NO2. The van der Waals surface area contributed by atoms with Gasteiger partial charge in [-0.3, -0.25) is 0 Å². The normalized spacial score (nSPS) is 8.24. The van der Waals surface area contributed by atoms with Gasteiger partial charge in [0.25, 0.3) is 0 Å². The zero-order chi connectivity index (χ0) is 13.7. The first kappa shape index (κ1) is 17.9. The van der Waals surface area contributed by atoms with Crippen LogP contribution in [0.15, 0.2) is 24.3 Å². The van der Waals surface area contributed by atoms with Gasteiger partial charge in [0.15, 0.2) is 0 Å². The van der Waals surface area contributed by atoms with Gasteiger partial charge in [0.05, 0.1) is 0 Å². The quantitative estimate of drug-likeness (QED) is 0.837. The summed E-state index contributed by atoms with van der Waals surface area (Å²) in [4.78, 5) is 8.78. The van der Waals surface area contributed by atoms with Crippen molar-refractivity contribution in [3.8, 4) is 0 Å². The van der Waals surface area contributed by atoms with E-state index in [0.29, 0.717) is 0 Å². The molecule has 0 radical (unpaired) electrons. The Balaban J connectivity index is 0. The number of nitrogens with two attached hydrogens (primary N) is 1. The van der Waals surface area contributed by atoms with Gasteiger partial charge in [-0.15, -0.1) is 0 Å². The standard InChI is InChI=1S/C11H16.C2H6.CH3NO2/c1-3-4-8-11-9-6-5-7-10(11)2;1-2;2-1(3)4/h5-7,9H,3-4,8H2,1-2H3;1-2H3;2H2,(H,3,4). The van der Waals surface area contributed by atoms with Crippen molar-refractivity contribution >= 4 is 6.09 Å². The van der Waals surface area contributed by atoms with Crippen LogP contribution in [0.4, 0.5) is 4.79 Å². The number of hydrogen-bond acceptors (Lipinski definition) is 1. The molecule has 3 N–H and O–H groups in total. The van der Waals surface area contributed by atoms with Crippen molar-refractivity contribution in [2.75, 3.05) is 0 Å². The van der Waals surface area contributed by atoms with Crippen LogP contribution in [0, 0.1) is 6.92 Å². The van der Waals surface area contributed by atoms with Gasteiger partial charge in [0, 0.05) is 0 Å². The molecule has 0 spiro atoms. The van der Waals surface area contributed by atoms with Crippen LogP contribution in [0.25, 0.3) is 0 Å². The molecule has 0 fully saturated rings. The van der Waals surface area contributed by atoms with E-state index in [1.165, 1.54) is 30.4 Å². The van der Waals surface area contributed by atoms with Crippen LogP contribution in [0.5, 0.6) is 0 Å². The molecule has 0 bridgehead atoms. The van der Waals surface area contributed by atoms with Crippen molar-refractivity contribution in [2.24, 2.45) is 5.73 Å². The van der Waals surface area contributed by atoms with Gasteiger partial charge < -0.3 is 10.8 Å². The highest BCUT2D eigenvalue weighted by atomic mass is 16.4. The first-order chi connectivity index (χ1) is 8.07. The minimum absolute atomic E-state index is 1.24. The van der Waals surface area contributed by atoms with Crippen LogP contribution >= 0.6 is 0 Å². The van der Waals surface area contributed by atoms with Crippen molar-refractivity contribution in [2.45, 2.75) is 47.0 Å². The van der Waals surface area contributed by atoms with E-state index in [0.717, 1.165) is 0 Å². The summed E-state index contributed by atoms with van der Waals surface area (Å²) in [5, 5.41) is 7.19. The number of primary amides is 1. The average molecular weight is 239 g/mol. The monoisotopic (exact) mass is 239 g/mol. The molecule has 17 heavy (non-hydrogen) atoms. The van der Waals surface area contributed by atoms with Crippen LogP contribution in [-0.4, -0.2) is 11.2 Å². The Labute approximate surface area is 105 Å². The predicted octanol–water partition coefficient (Wildman–Crippen LogP) is 3.99. The number of hydrogen-bond donors (Lipinski definition) is 2. The van der Waals surface area contributed by atoms with Gasteiger partial charge in [-0.05, 0) is 30.9 Å². The maximum Gasteiger partial charge on any atom is 0.402 e. The second-order valence-electron chi connectivity index (χ2n) is 3.37. The van der Waals surface area contributed by atoms with E-state index in [4.69, 9.17) is 9.90 Å². The van der Waals surface area contributed by atoms with E-state index < -0.39 is 6.09 Å². The first-order valence-corrected chi connectivity index (χ1v) is 6.10. The molecule has 0 aromatic heterocycles. The highest BCUT2D eigenvalue weighted by molar-refractivity contribution is 5.61. The van der Waals surface area contributed by atoms with E-state index in [-0.39, 0.29) is 0 Å². The summed E-state index contributed by atoms with van der Waals surface area (Å²) in [6.45, 7) is 8.42. The highest BCUT2D eigenvalue weighted by Crippen LogP contribution is 2.09. The lowest BCUT2D eigenvalue weighted by atomic mass is 10.0. The summed E-state index contributed by atoms with van der Waals surface area (Å²) in [7, 11) is 0. The molecule has 98 valence electrons. The Morgan fingerprint density at radius 3 is 2.18 bits per heavy atom. The van der Waals surface area contributed by atoms with Gasteiger partial charge in [0.2, 0.25) is 0 Å². The molecule has 1 amide bonds. The summed E-state index contributed by atoms with van der Waals surface area (Å²) >= 11 is 0. The molecule has 0 aliphatic carbocycles. The van der Waals surface area contributed by atoms with Gasteiger partial charge in [-0.1, -0.05) is 51.5 Å². The number of carbonyl (C=O) groups is 1. The van der Waals surface area contributed by atoms with Crippen molar-refractivity contribution in [1.82, 2.24) is 0 Å². The van der Waals surface area contributed by atoms with Crippen LogP contribution in [0.3, 0.4) is 0 Å². The molecule has 0 heterocycles. The van der Waals surface area contributed by atoms with Crippen molar-refractivity contribution in [3.63, 3.8) is 0 Å². The van der Waals surface area contributed by atoms with E-state index in [1.807, 2.05) is 13.8 Å². The van der Waals surface area contributed by atoms with Crippen LogP contribution in [0.2, 0.25) is 0 Å². The Kier molecular flexibility index (Phi) is 13.2. The Morgan fingerprint density at radius 1 is 1.29 bits per heavy atom. The molecule has 1 rings (SSSR count). The molecule has 1 aromatic rings.